The molecule has 1 N–H and O–H groups in total. The summed E-state index contributed by atoms with van der Waals surface area (Å²) in [4.78, 5) is 12.7. The van der Waals surface area contributed by atoms with Crippen molar-refractivity contribution in [3.8, 4) is 11.5 Å². The van der Waals surface area contributed by atoms with Crippen molar-refractivity contribution in [3.63, 3.8) is 0 Å². The molecule has 2 aromatic rings. The van der Waals surface area contributed by atoms with Gasteiger partial charge in [0.05, 0.1) is 24.9 Å². The number of nitrogens with zero attached hydrogens (tertiary/aromatic N) is 1. The minimum absolute atomic E-state index is 0.154. The van der Waals surface area contributed by atoms with Gasteiger partial charge in [0, 0.05) is 6.42 Å². The van der Waals surface area contributed by atoms with E-state index in [1.165, 1.54) is 0 Å². The van der Waals surface area contributed by atoms with Gasteiger partial charge < -0.3 is 19.3 Å². The van der Waals surface area contributed by atoms with Crippen LogP contribution >= 0.6 is 0 Å². The fourth-order valence-electron chi connectivity index (χ4n) is 3.03. The molecule has 0 radical (unpaired) electrons. The lowest BCUT2D eigenvalue weighted by Gasteiger charge is -2.24. The molecule has 1 aliphatic rings. The molecule has 1 aliphatic heterocycles. The van der Waals surface area contributed by atoms with E-state index in [1.54, 1.807) is 13.8 Å². The molecule has 0 spiro atoms. The van der Waals surface area contributed by atoms with Crippen molar-refractivity contribution in [2.24, 2.45) is 5.92 Å². The zero-order valence-electron chi connectivity index (χ0n) is 15.1. The van der Waals surface area contributed by atoms with Crippen LogP contribution in [0.25, 0.3) is 0 Å². The third kappa shape index (κ3) is 3.62. The molecule has 0 fully saturated rings. The summed E-state index contributed by atoms with van der Waals surface area (Å²) in [6.45, 7) is 8.94. The third-order valence-electron chi connectivity index (χ3n) is 4.34. The molecule has 6 nitrogen and oxygen atoms in total. The number of rotatable bonds is 4. The van der Waals surface area contributed by atoms with E-state index < -0.39 is 0 Å². The van der Waals surface area contributed by atoms with Crippen LogP contribution in [0.3, 0.4) is 0 Å². The summed E-state index contributed by atoms with van der Waals surface area (Å²) in [6, 6.07) is 5.69. The highest BCUT2D eigenvalue weighted by Crippen LogP contribution is 2.34. The monoisotopic (exact) mass is 344 g/mol. The molecular weight excluding hydrogens is 320 g/mol. The second-order valence-corrected chi connectivity index (χ2v) is 6.65. The van der Waals surface area contributed by atoms with Crippen molar-refractivity contribution in [2.75, 3.05) is 13.2 Å². The van der Waals surface area contributed by atoms with Crippen LogP contribution in [-0.2, 0) is 0 Å². The molecule has 0 aliphatic carbocycles. The smallest absolute Gasteiger partial charge is 0.257 e. The van der Waals surface area contributed by atoms with Crippen molar-refractivity contribution in [1.29, 1.82) is 0 Å². The fraction of sp³-hybridized carbons (Fsp3) is 0.474. The summed E-state index contributed by atoms with van der Waals surface area (Å²) in [5.74, 6) is 2.03. The molecule has 134 valence electrons. The van der Waals surface area contributed by atoms with Crippen LogP contribution in [0.4, 0.5) is 0 Å². The summed E-state index contributed by atoms with van der Waals surface area (Å²) < 4.78 is 16.6. The first-order valence-corrected chi connectivity index (χ1v) is 8.60. The van der Waals surface area contributed by atoms with Gasteiger partial charge in [-0.05, 0) is 37.5 Å². The topological polar surface area (TPSA) is 73.6 Å². The Morgan fingerprint density at radius 2 is 1.88 bits per heavy atom. The molecule has 1 aromatic carbocycles. The molecule has 6 heteroatoms. The van der Waals surface area contributed by atoms with Crippen LogP contribution in [0.5, 0.6) is 11.5 Å². The van der Waals surface area contributed by atoms with Crippen LogP contribution in [0.15, 0.2) is 22.7 Å². The van der Waals surface area contributed by atoms with E-state index in [-0.39, 0.29) is 17.9 Å². The van der Waals surface area contributed by atoms with E-state index >= 15 is 0 Å². The largest absolute Gasteiger partial charge is 0.490 e. The average molecular weight is 344 g/mol. The fourth-order valence-corrected chi connectivity index (χ4v) is 3.03. The zero-order valence-corrected chi connectivity index (χ0v) is 15.1. The van der Waals surface area contributed by atoms with E-state index in [0.29, 0.717) is 30.2 Å². The molecule has 0 bridgehead atoms. The minimum Gasteiger partial charge on any atom is -0.490 e. The SMILES string of the molecule is Cc1noc(C)c1C(=O)NC(c1ccc2c(c1)OCCCO2)C(C)C. The summed E-state index contributed by atoms with van der Waals surface area (Å²) in [6.07, 6.45) is 0.862. The second-order valence-electron chi connectivity index (χ2n) is 6.65. The Kier molecular flexibility index (Phi) is 4.97. The number of ether oxygens (including phenoxy) is 2. The van der Waals surface area contributed by atoms with Gasteiger partial charge >= 0.3 is 0 Å². The first-order chi connectivity index (χ1) is 12.0. The number of benzene rings is 1. The maximum absolute atomic E-state index is 12.7. The highest BCUT2D eigenvalue weighted by atomic mass is 16.5. The first-order valence-electron chi connectivity index (χ1n) is 8.60. The number of fused-ring (bicyclic) bond motifs is 1. The number of nitrogens with one attached hydrogen (secondary N) is 1. The van der Waals surface area contributed by atoms with Crippen LogP contribution in [-0.4, -0.2) is 24.3 Å². The Balaban J connectivity index is 1.87. The standard InChI is InChI=1S/C19H24N2O4/c1-11(2)18(20-19(22)17-12(3)21-25-13(17)4)14-6-7-15-16(10-14)24-9-5-8-23-15/h6-7,10-11,18H,5,8-9H2,1-4H3,(H,20,22). The average Bonchev–Trinajstić information content (AvgIpc) is 2.78. The summed E-state index contributed by atoms with van der Waals surface area (Å²) >= 11 is 0. The van der Waals surface area contributed by atoms with E-state index in [9.17, 15) is 4.79 Å². The van der Waals surface area contributed by atoms with Crippen LogP contribution in [0.1, 0.15) is 53.7 Å². The Bertz CT molecular complexity index is 747. The lowest BCUT2D eigenvalue weighted by molar-refractivity contribution is 0.0923. The molecule has 1 aromatic heterocycles. The molecule has 0 saturated carbocycles. The highest BCUT2D eigenvalue weighted by Gasteiger charge is 2.24. The van der Waals surface area contributed by atoms with Crippen LogP contribution < -0.4 is 14.8 Å². The van der Waals surface area contributed by atoms with Gasteiger partial charge in [-0.2, -0.15) is 0 Å². The number of amides is 1. The summed E-state index contributed by atoms with van der Waals surface area (Å²) in [5, 5.41) is 6.96. The zero-order chi connectivity index (χ0) is 18.0. The van der Waals surface area contributed by atoms with E-state index in [1.807, 2.05) is 18.2 Å². The van der Waals surface area contributed by atoms with Gasteiger partial charge in [0.25, 0.3) is 5.91 Å². The maximum Gasteiger partial charge on any atom is 0.257 e. The van der Waals surface area contributed by atoms with Crippen molar-refractivity contribution in [2.45, 2.75) is 40.2 Å². The van der Waals surface area contributed by atoms with E-state index in [4.69, 9.17) is 14.0 Å². The number of carbonyl (C=O) groups is 1. The van der Waals surface area contributed by atoms with Crippen molar-refractivity contribution >= 4 is 5.91 Å². The van der Waals surface area contributed by atoms with Crippen LogP contribution in [0, 0.1) is 19.8 Å². The molecule has 1 atom stereocenters. The van der Waals surface area contributed by atoms with Crippen molar-refractivity contribution < 1.29 is 18.8 Å². The van der Waals surface area contributed by atoms with Crippen molar-refractivity contribution in [1.82, 2.24) is 10.5 Å². The Morgan fingerprint density at radius 3 is 2.52 bits per heavy atom. The molecule has 3 rings (SSSR count). The second kappa shape index (κ2) is 7.17. The third-order valence-corrected chi connectivity index (χ3v) is 4.34. The lowest BCUT2D eigenvalue weighted by Crippen LogP contribution is -2.32. The Labute approximate surface area is 147 Å². The maximum atomic E-state index is 12.7. The molecule has 25 heavy (non-hydrogen) atoms. The summed E-state index contributed by atoms with van der Waals surface area (Å²) in [5.41, 5.74) is 2.08. The molecular formula is C19H24N2O4. The lowest BCUT2D eigenvalue weighted by atomic mass is 9.95. The number of hydrogen-bond donors (Lipinski definition) is 1. The molecule has 0 saturated heterocycles. The van der Waals surface area contributed by atoms with E-state index in [2.05, 4.69) is 24.3 Å². The highest BCUT2D eigenvalue weighted by molar-refractivity contribution is 5.96. The molecule has 2 heterocycles. The van der Waals surface area contributed by atoms with E-state index in [0.717, 1.165) is 23.5 Å². The first kappa shape index (κ1) is 17.3. The van der Waals surface area contributed by atoms with Crippen molar-refractivity contribution in [3.05, 3.63) is 40.8 Å². The van der Waals surface area contributed by atoms with Gasteiger partial charge in [-0.15, -0.1) is 0 Å². The Hall–Kier alpha value is -2.50. The van der Waals surface area contributed by atoms with Gasteiger partial charge in [0.15, 0.2) is 11.5 Å². The Morgan fingerprint density at radius 1 is 1.16 bits per heavy atom. The normalized spacial score (nSPS) is 14.9. The summed E-state index contributed by atoms with van der Waals surface area (Å²) in [7, 11) is 0. The number of aryl methyl sites for hydroxylation is 2. The van der Waals surface area contributed by atoms with Gasteiger partial charge in [0.1, 0.15) is 11.3 Å². The van der Waals surface area contributed by atoms with Gasteiger partial charge in [-0.1, -0.05) is 25.1 Å². The quantitative estimate of drug-likeness (QED) is 0.918. The molecule has 1 unspecified atom stereocenters. The van der Waals surface area contributed by atoms with Gasteiger partial charge in [-0.25, -0.2) is 0 Å². The predicted molar refractivity (Wildman–Crippen MR) is 93.1 cm³/mol. The van der Waals surface area contributed by atoms with Gasteiger partial charge in [-0.3, -0.25) is 4.79 Å². The molecule has 1 amide bonds. The number of hydrogen-bond acceptors (Lipinski definition) is 5. The number of aromatic nitrogens is 1. The number of carbonyl (C=O) groups excluding carboxylic acids is 1. The van der Waals surface area contributed by atoms with Gasteiger partial charge in [0.2, 0.25) is 0 Å². The minimum atomic E-state index is -0.179. The van der Waals surface area contributed by atoms with Crippen LogP contribution in [0.2, 0.25) is 0 Å². The predicted octanol–water partition coefficient (Wildman–Crippen LogP) is 3.58.